The summed E-state index contributed by atoms with van der Waals surface area (Å²) in [5.74, 6) is -2.36. The largest absolute Gasteiger partial charge is 0.465 e. The number of ether oxygens (including phenoxy) is 3. The van der Waals surface area contributed by atoms with Crippen LogP contribution in [0.3, 0.4) is 0 Å². The number of carbonyl (C=O) groups excluding carboxylic acids is 3. The van der Waals surface area contributed by atoms with Gasteiger partial charge in [0.2, 0.25) is 0 Å². The van der Waals surface area contributed by atoms with E-state index in [4.69, 9.17) is 14.2 Å². The van der Waals surface area contributed by atoms with Crippen molar-refractivity contribution in [2.75, 3.05) is 20.8 Å². The number of aromatic amines is 1. The van der Waals surface area contributed by atoms with Crippen LogP contribution in [0.5, 0.6) is 0 Å². The van der Waals surface area contributed by atoms with Gasteiger partial charge in [0.1, 0.15) is 16.8 Å². The van der Waals surface area contributed by atoms with Crippen LogP contribution in [-0.2, 0) is 14.2 Å². The van der Waals surface area contributed by atoms with Crippen LogP contribution < -0.4 is 0 Å². The minimum absolute atomic E-state index is 0.0707. The molecule has 1 N–H and O–H groups in total. The number of H-pyrrole nitrogens is 1. The van der Waals surface area contributed by atoms with E-state index in [1.54, 1.807) is 37.3 Å². The molecule has 1 aromatic heterocycles. The van der Waals surface area contributed by atoms with E-state index in [2.05, 4.69) is 4.98 Å². The van der Waals surface area contributed by atoms with Crippen molar-refractivity contribution in [3.8, 4) is 11.3 Å². The third kappa shape index (κ3) is 3.15. The molecule has 0 bridgehead atoms. The number of benzene rings is 1. The fourth-order valence-corrected chi connectivity index (χ4v) is 2.29. The van der Waals surface area contributed by atoms with E-state index >= 15 is 0 Å². The summed E-state index contributed by atoms with van der Waals surface area (Å²) < 4.78 is 14.4. The standard InChI is InChI=1S/C17H17NO6/c1-4-24-17(21)14-12(16(20)23-3)11(15(19)22-2)13(18-14)10-8-6-5-7-9-10/h5-9,18H,4H2,1-3H3. The number of nitrogens with one attached hydrogen (secondary N) is 1. The first-order valence-electron chi connectivity index (χ1n) is 7.20. The first kappa shape index (κ1) is 17.3. The lowest BCUT2D eigenvalue weighted by molar-refractivity contribution is 0.0496. The summed E-state index contributed by atoms with van der Waals surface area (Å²) in [6.45, 7) is 1.75. The summed E-state index contributed by atoms with van der Waals surface area (Å²) in [5.41, 5.74) is 0.465. The molecular formula is C17H17NO6. The number of methoxy groups -OCH3 is 2. The van der Waals surface area contributed by atoms with Crippen LogP contribution in [0.15, 0.2) is 30.3 Å². The molecule has 0 aliphatic carbocycles. The fourth-order valence-electron chi connectivity index (χ4n) is 2.29. The Hall–Kier alpha value is -3.09. The Morgan fingerprint density at radius 2 is 1.50 bits per heavy atom. The zero-order valence-electron chi connectivity index (χ0n) is 13.5. The smallest absolute Gasteiger partial charge is 0.355 e. The van der Waals surface area contributed by atoms with E-state index in [0.717, 1.165) is 7.11 Å². The molecule has 0 amide bonds. The summed E-state index contributed by atoms with van der Waals surface area (Å²) in [4.78, 5) is 39.4. The number of esters is 3. The van der Waals surface area contributed by atoms with Gasteiger partial charge in [-0.2, -0.15) is 0 Å². The average Bonchev–Trinajstić information content (AvgIpc) is 3.02. The second-order valence-electron chi connectivity index (χ2n) is 4.69. The maximum atomic E-state index is 12.2. The predicted octanol–water partition coefficient (Wildman–Crippen LogP) is 2.43. The van der Waals surface area contributed by atoms with Gasteiger partial charge < -0.3 is 19.2 Å². The van der Waals surface area contributed by atoms with Gasteiger partial charge in [-0.25, -0.2) is 14.4 Å². The molecule has 24 heavy (non-hydrogen) atoms. The summed E-state index contributed by atoms with van der Waals surface area (Å²) >= 11 is 0. The van der Waals surface area contributed by atoms with Gasteiger partial charge >= 0.3 is 17.9 Å². The first-order valence-corrected chi connectivity index (χ1v) is 7.20. The number of hydrogen-bond acceptors (Lipinski definition) is 6. The SMILES string of the molecule is CCOC(=O)c1[nH]c(-c2ccccc2)c(C(=O)OC)c1C(=O)OC. The minimum atomic E-state index is -0.836. The fraction of sp³-hybridized carbons (Fsp3) is 0.235. The maximum absolute atomic E-state index is 12.2. The van der Waals surface area contributed by atoms with E-state index in [1.807, 2.05) is 0 Å². The topological polar surface area (TPSA) is 94.7 Å². The van der Waals surface area contributed by atoms with E-state index in [1.165, 1.54) is 7.11 Å². The van der Waals surface area contributed by atoms with Gasteiger partial charge in [0.15, 0.2) is 0 Å². The van der Waals surface area contributed by atoms with Crippen molar-refractivity contribution in [3.63, 3.8) is 0 Å². The highest BCUT2D eigenvalue weighted by atomic mass is 16.5. The molecule has 0 saturated heterocycles. The lowest BCUT2D eigenvalue weighted by Crippen LogP contribution is -2.15. The Morgan fingerprint density at radius 1 is 0.917 bits per heavy atom. The van der Waals surface area contributed by atoms with Gasteiger partial charge in [-0.15, -0.1) is 0 Å². The van der Waals surface area contributed by atoms with Crippen molar-refractivity contribution >= 4 is 17.9 Å². The lowest BCUT2D eigenvalue weighted by Gasteiger charge is -2.05. The van der Waals surface area contributed by atoms with E-state index in [-0.39, 0.29) is 29.1 Å². The molecule has 126 valence electrons. The van der Waals surface area contributed by atoms with E-state index in [9.17, 15) is 14.4 Å². The van der Waals surface area contributed by atoms with E-state index < -0.39 is 17.9 Å². The third-order valence-corrected chi connectivity index (χ3v) is 3.32. The zero-order chi connectivity index (χ0) is 17.7. The number of rotatable bonds is 5. The van der Waals surface area contributed by atoms with Crippen LogP contribution in [-0.4, -0.2) is 43.7 Å². The Morgan fingerprint density at radius 3 is 2.04 bits per heavy atom. The Kier molecular flexibility index (Phi) is 5.36. The monoisotopic (exact) mass is 331 g/mol. The minimum Gasteiger partial charge on any atom is -0.465 e. The maximum Gasteiger partial charge on any atom is 0.355 e. The third-order valence-electron chi connectivity index (χ3n) is 3.32. The molecule has 0 saturated carbocycles. The normalized spacial score (nSPS) is 10.1. The van der Waals surface area contributed by atoms with Crippen LogP contribution >= 0.6 is 0 Å². The number of aromatic nitrogens is 1. The zero-order valence-corrected chi connectivity index (χ0v) is 13.5. The average molecular weight is 331 g/mol. The second kappa shape index (κ2) is 7.45. The van der Waals surface area contributed by atoms with Crippen molar-refractivity contribution in [1.29, 1.82) is 0 Å². The molecule has 0 aliphatic heterocycles. The molecule has 1 aromatic carbocycles. The van der Waals surface area contributed by atoms with E-state index in [0.29, 0.717) is 5.56 Å². The molecule has 2 rings (SSSR count). The molecule has 7 nitrogen and oxygen atoms in total. The molecule has 0 unspecified atom stereocenters. The van der Waals surface area contributed by atoms with Crippen molar-refractivity contribution in [1.82, 2.24) is 4.98 Å². The summed E-state index contributed by atoms with van der Waals surface area (Å²) in [7, 11) is 2.35. The van der Waals surface area contributed by atoms with Gasteiger partial charge in [-0.05, 0) is 12.5 Å². The van der Waals surface area contributed by atoms with Gasteiger partial charge in [-0.1, -0.05) is 30.3 Å². The molecule has 7 heteroatoms. The highest BCUT2D eigenvalue weighted by Gasteiger charge is 2.33. The number of hydrogen-bond donors (Lipinski definition) is 1. The van der Waals surface area contributed by atoms with Crippen LogP contribution in [0, 0.1) is 0 Å². The Balaban J connectivity index is 2.77. The van der Waals surface area contributed by atoms with Crippen LogP contribution in [0.4, 0.5) is 0 Å². The quantitative estimate of drug-likeness (QED) is 0.668. The summed E-state index contributed by atoms with van der Waals surface area (Å²) in [5, 5.41) is 0. The van der Waals surface area contributed by atoms with Crippen LogP contribution in [0.2, 0.25) is 0 Å². The molecule has 2 aromatic rings. The molecule has 0 fully saturated rings. The molecule has 0 radical (unpaired) electrons. The highest BCUT2D eigenvalue weighted by Crippen LogP contribution is 2.30. The molecule has 0 atom stereocenters. The Bertz CT molecular complexity index is 763. The van der Waals surface area contributed by atoms with Crippen molar-refractivity contribution in [2.45, 2.75) is 6.92 Å². The summed E-state index contributed by atoms with van der Waals surface area (Å²) in [6.07, 6.45) is 0. The highest BCUT2D eigenvalue weighted by molar-refractivity contribution is 6.13. The molecule has 1 heterocycles. The molecular weight excluding hydrogens is 314 g/mol. The Labute approximate surface area is 138 Å². The summed E-state index contributed by atoms with van der Waals surface area (Å²) in [6, 6.07) is 8.79. The van der Waals surface area contributed by atoms with Gasteiger partial charge in [0.05, 0.1) is 26.5 Å². The van der Waals surface area contributed by atoms with Gasteiger partial charge in [0, 0.05) is 0 Å². The van der Waals surface area contributed by atoms with Gasteiger partial charge in [-0.3, -0.25) is 0 Å². The first-order chi connectivity index (χ1) is 11.5. The molecule has 0 spiro atoms. The molecule has 0 aliphatic rings. The van der Waals surface area contributed by atoms with Crippen molar-refractivity contribution in [3.05, 3.63) is 47.2 Å². The van der Waals surface area contributed by atoms with Gasteiger partial charge in [0.25, 0.3) is 0 Å². The second-order valence-corrected chi connectivity index (χ2v) is 4.69. The lowest BCUT2D eigenvalue weighted by atomic mass is 10.0. The van der Waals surface area contributed by atoms with Crippen molar-refractivity contribution in [2.24, 2.45) is 0 Å². The van der Waals surface area contributed by atoms with Crippen LogP contribution in [0.25, 0.3) is 11.3 Å². The van der Waals surface area contributed by atoms with Crippen LogP contribution in [0.1, 0.15) is 38.1 Å². The van der Waals surface area contributed by atoms with Crippen molar-refractivity contribution < 1.29 is 28.6 Å². The predicted molar refractivity (Wildman–Crippen MR) is 84.9 cm³/mol. The number of carbonyl (C=O) groups is 3.